The summed E-state index contributed by atoms with van der Waals surface area (Å²) in [4.78, 5) is 38.6. The predicted octanol–water partition coefficient (Wildman–Crippen LogP) is 4.16. The number of hydrogen-bond donors (Lipinski definition) is 0. The highest BCUT2D eigenvalue weighted by molar-refractivity contribution is 6.33. The average molecular weight is 435 g/mol. The zero-order chi connectivity index (χ0) is 22.0. The molecule has 7 heteroatoms. The van der Waals surface area contributed by atoms with E-state index in [1.807, 2.05) is 12.1 Å². The van der Waals surface area contributed by atoms with Gasteiger partial charge in [-0.25, -0.2) is 4.79 Å². The van der Waals surface area contributed by atoms with Gasteiger partial charge in [-0.2, -0.15) is 5.26 Å². The SMILES string of the molecule is N#CC1CCCN(C(=O)C(C=O)c2ccc3c(-c4ccccc4Cl)cc(=O)oc3c2)C1. The fourth-order valence-electron chi connectivity index (χ4n) is 4.03. The van der Waals surface area contributed by atoms with Gasteiger partial charge in [0.2, 0.25) is 5.91 Å². The molecule has 0 bridgehead atoms. The Labute approximate surface area is 183 Å². The zero-order valence-corrected chi connectivity index (χ0v) is 17.3. The van der Waals surface area contributed by atoms with E-state index >= 15 is 0 Å². The normalized spacial score (nSPS) is 17.2. The van der Waals surface area contributed by atoms with Gasteiger partial charge >= 0.3 is 5.63 Å². The standard InChI is InChI=1S/C24H19ClN2O4/c25-21-6-2-1-5-17(21)19-11-23(29)31-22-10-16(7-8-18(19)22)20(14-28)24(30)27-9-3-4-15(12-26)13-27/h1-2,5-8,10-11,14-15,20H,3-4,9,13H2. The monoisotopic (exact) mass is 434 g/mol. The van der Waals surface area contributed by atoms with Crippen LogP contribution < -0.4 is 5.63 Å². The van der Waals surface area contributed by atoms with Crippen molar-refractivity contribution in [3.63, 3.8) is 0 Å². The van der Waals surface area contributed by atoms with Gasteiger partial charge in [0.15, 0.2) is 0 Å². The van der Waals surface area contributed by atoms with Gasteiger partial charge in [-0.1, -0.05) is 41.9 Å². The molecule has 4 rings (SSSR count). The molecule has 2 unspecified atom stereocenters. The van der Waals surface area contributed by atoms with Crippen LogP contribution in [0.15, 0.2) is 57.7 Å². The molecule has 0 radical (unpaired) electrons. The predicted molar refractivity (Wildman–Crippen MR) is 117 cm³/mol. The Morgan fingerprint density at radius 1 is 1.23 bits per heavy atom. The Morgan fingerprint density at radius 2 is 2.03 bits per heavy atom. The van der Waals surface area contributed by atoms with Crippen molar-refractivity contribution in [1.82, 2.24) is 4.90 Å². The second kappa shape index (κ2) is 8.75. The van der Waals surface area contributed by atoms with Crippen LogP contribution in [0.5, 0.6) is 0 Å². The van der Waals surface area contributed by atoms with Crippen molar-refractivity contribution in [3.05, 3.63) is 69.5 Å². The number of nitrogens with zero attached hydrogens (tertiary/aromatic N) is 2. The largest absolute Gasteiger partial charge is 0.423 e. The first-order chi connectivity index (χ1) is 15.0. The summed E-state index contributed by atoms with van der Waals surface area (Å²) in [7, 11) is 0. The number of fused-ring (bicyclic) bond motifs is 1. The van der Waals surface area contributed by atoms with Crippen molar-refractivity contribution in [2.75, 3.05) is 13.1 Å². The molecule has 1 aliphatic rings. The molecule has 3 aromatic rings. The third kappa shape index (κ3) is 4.10. The second-order valence-corrected chi connectivity index (χ2v) is 7.99. The number of piperidine rings is 1. The van der Waals surface area contributed by atoms with Crippen molar-refractivity contribution < 1.29 is 14.0 Å². The van der Waals surface area contributed by atoms with Crippen molar-refractivity contribution in [1.29, 1.82) is 5.26 Å². The number of hydrogen-bond acceptors (Lipinski definition) is 5. The minimum atomic E-state index is -1.03. The first kappa shape index (κ1) is 20.8. The molecular weight excluding hydrogens is 416 g/mol. The van der Waals surface area contributed by atoms with Crippen LogP contribution in [0.3, 0.4) is 0 Å². The average Bonchev–Trinajstić information content (AvgIpc) is 2.79. The Balaban J connectivity index is 1.74. The smallest absolute Gasteiger partial charge is 0.336 e. The maximum absolute atomic E-state index is 13.0. The number of halogens is 1. The summed E-state index contributed by atoms with van der Waals surface area (Å²) in [5, 5.41) is 10.3. The lowest BCUT2D eigenvalue weighted by molar-refractivity contribution is -0.136. The first-order valence-electron chi connectivity index (χ1n) is 9.98. The van der Waals surface area contributed by atoms with Gasteiger partial charge in [0.25, 0.3) is 0 Å². The summed E-state index contributed by atoms with van der Waals surface area (Å²) in [6, 6.07) is 15.7. The summed E-state index contributed by atoms with van der Waals surface area (Å²) in [5.41, 5.74) is 1.46. The number of benzene rings is 2. The van der Waals surface area contributed by atoms with Crippen molar-refractivity contribution in [2.45, 2.75) is 18.8 Å². The first-order valence-corrected chi connectivity index (χ1v) is 10.4. The number of amides is 1. The van der Waals surface area contributed by atoms with Crippen LogP contribution in [0.4, 0.5) is 0 Å². The number of aldehydes is 1. The molecular formula is C24H19ClN2O4. The van der Waals surface area contributed by atoms with Gasteiger partial charge in [-0.05, 0) is 30.5 Å². The Morgan fingerprint density at radius 3 is 2.77 bits per heavy atom. The van der Waals surface area contributed by atoms with Gasteiger partial charge in [0, 0.05) is 40.7 Å². The molecule has 0 N–H and O–H groups in total. The lowest BCUT2D eigenvalue weighted by Crippen LogP contribution is -2.42. The van der Waals surface area contributed by atoms with Crippen LogP contribution in [0.25, 0.3) is 22.1 Å². The molecule has 0 aliphatic carbocycles. The van der Waals surface area contributed by atoms with Gasteiger partial charge in [-0.15, -0.1) is 0 Å². The molecule has 1 saturated heterocycles. The van der Waals surface area contributed by atoms with Crippen LogP contribution in [0.2, 0.25) is 5.02 Å². The van der Waals surface area contributed by atoms with E-state index in [0.29, 0.717) is 46.5 Å². The van der Waals surface area contributed by atoms with Crippen molar-refractivity contribution >= 4 is 34.8 Å². The molecule has 0 saturated carbocycles. The molecule has 31 heavy (non-hydrogen) atoms. The number of carbonyl (C=O) groups excluding carboxylic acids is 2. The molecule has 1 amide bonds. The highest BCUT2D eigenvalue weighted by atomic mass is 35.5. The van der Waals surface area contributed by atoms with Gasteiger partial charge in [-0.3, -0.25) is 4.79 Å². The molecule has 1 aromatic heterocycles. The summed E-state index contributed by atoms with van der Waals surface area (Å²) in [6.45, 7) is 0.833. The van der Waals surface area contributed by atoms with E-state index < -0.39 is 11.5 Å². The van der Waals surface area contributed by atoms with Gasteiger partial charge in [0.05, 0.1) is 12.0 Å². The fourth-order valence-corrected chi connectivity index (χ4v) is 4.27. The highest BCUT2D eigenvalue weighted by Crippen LogP contribution is 2.33. The fraction of sp³-hybridized carbons (Fsp3) is 0.250. The molecule has 2 heterocycles. The number of rotatable bonds is 4. The molecule has 1 aliphatic heterocycles. The summed E-state index contributed by atoms with van der Waals surface area (Å²) in [6.07, 6.45) is 2.07. The van der Waals surface area contributed by atoms with E-state index in [1.165, 1.54) is 6.07 Å². The van der Waals surface area contributed by atoms with E-state index in [9.17, 15) is 19.6 Å². The van der Waals surface area contributed by atoms with E-state index in [4.69, 9.17) is 16.0 Å². The zero-order valence-electron chi connectivity index (χ0n) is 16.6. The van der Waals surface area contributed by atoms with E-state index in [1.54, 1.807) is 35.2 Å². The Kier molecular flexibility index (Phi) is 5.88. The summed E-state index contributed by atoms with van der Waals surface area (Å²) >= 11 is 6.31. The summed E-state index contributed by atoms with van der Waals surface area (Å²) < 4.78 is 5.38. The Hall–Kier alpha value is -3.43. The Bertz CT molecular complexity index is 1260. The lowest BCUT2D eigenvalue weighted by atomic mass is 9.93. The van der Waals surface area contributed by atoms with Crippen molar-refractivity contribution in [3.8, 4) is 17.2 Å². The quantitative estimate of drug-likeness (QED) is 0.349. The topological polar surface area (TPSA) is 91.4 Å². The van der Waals surface area contributed by atoms with Gasteiger partial charge in [0.1, 0.15) is 17.8 Å². The third-order valence-electron chi connectivity index (χ3n) is 5.61. The molecule has 156 valence electrons. The molecule has 2 aromatic carbocycles. The van der Waals surface area contributed by atoms with E-state index in [-0.39, 0.29) is 17.4 Å². The maximum Gasteiger partial charge on any atom is 0.336 e. The third-order valence-corrected chi connectivity index (χ3v) is 5.94. The van der Waals surface area contributed by atoms with Gasteiger partial charge < -0.3 is 14.1 Å². The van der Waals surface area contributed by atoms with Crippen LogP contribution >= 0.6 is 11.6 Å². The van der Waals surface area contributed by atoms with Crippen LogP contribution in [0, 0.1) is 17.2 Å². The number of carbonyl (C=O) groups is 2. The second-order valence-electron chi connectivity index (χ2n) is 7.58. The highest BCUT2D eigenvalue weighted by Gasteiger charge is 2.30. The molecule has 0 spiro atoms. The van der Waals surface area contributed by atoms with Crippen LogP contribution in [-0.4, -0.2) is 30.2 Å². The van der Waals surface area contributed by atoms with E-state index in [2.05, 4.69) is 6.07 Å². The molecule has 2 atom stereocenters. The molecule has 1 fully saturated rings. The maximum atomic E-state index is 13.0. The minimum Gasteiger partial charge on any atom is -0.423 e. The van der Waals surface area contributed by atoms with Crippen molar-refractivity contribution in [2.24, 2.45) is 5.92 Å². The molecule has 6 nitrogen and oxygen atoms in total. The lowest BCUT2D eigenvalue weighted by Gasteiger charge is -2.31. The number of nitriles is 1. The summed E-state index contributed by atoms with van der Waals surface area (Å²) in [5.74, 6) is -1.60. The van der Waals surface area contributed by atoms with Crippen LogP contribution in [0.1, 0.15) is 24.3 Å². The van der Waals surface area contributed by atoms with E-state index in [0.717, 1.165) is 12.8 Å². The van der Waals surface area contributed by atoms with Crippen LogP contribution in [-0.2, 0) is 9.59 Å². The minimum absolute atomic E-state index is 0.224. The number of likely N-dealkylation sites (tertiary alicyclic amines) is 1.